The monoisotopic (exact) mass is 371 g/mol. The molecule has 0 heterocycles. The van der Waals surface area contributed by atoms with Crippen LogP contribution < -0.4 is 5.32 Å². The van der Waals surface area contributed by atoms with Gasteiger partial charge in [-0.2, -0.15) is 0 Å². The van der Waals surface area contributed by atoms with Crippen molar-refractivity contribution in [1.82, 2.24) is 5.32 Å². The fourth-order valence-electron chi connectivity index (χ4n) is 3.11. The average molecular weight is 372 g/mol. The molecule has 0 atom stereocenters. The molecule has 0 saturated carbocycles. The topological polar surface area (TPSA) is 66.4 Å². The summed E-state index contributed by atoms with van der Waals surface area (Å²) in [6, 6.07) is 0. The van der Waals surface area contributed by atoms with Crippen LogP contribution in [0.15, 0.2) is 0 Å². The maximum absolute atomic E-state index is 11.8. The number of quaternary nitrogens is 1. The normalized spacial score (nSPS) is 11.5. The fourth-order valence-corrected chi connectivity index (χ4v) is 3.11. The standard InChI is InChI=1S/C21H42N2O3/c1-4-5-6-7-8-9-10-11-12-13-15-20(24)22-17-14-18-23(2,3)19-16-21(25)26/h4-19H2,1-3H3,(H-,22,24,25,26)/p+1. The maximum Gasteiger partial charge on any atom is 0.309 e. The third-order valence-corrected chi connectivity index (χ3v) is 4.95. The van der Waals surface area contributed by atoms with E-state index in [1.807, 2.05) is 14.1 Å². The van der Waals surface area contributed by atoms with Gasteiger partial charge in [-0.15, -0.1) is 0 Å². The van der Waals surface area contributed by atoms with Crippen molar-refractivity contribution in [3.63, 3.8) is 0 Å². The number of unbranched alkanes of at least 4 members (excludes halogenated alkanes) is 9. The third-order valence-electron chi connectivity index (χ3n) is 4.95. The Morgan fingerprint density at radius 3 is 1.85 bits per heavy atom. The summed E-state index contributed by atoms with van der Waals surface area (Å²) in [6.45, 7) is 4.44. The molecule has 0 fully saturated rings. The average Bonchev–Trinajstić information content (AvgIpc) is 2.59. The van der Waals surface area contributed by atoms with E-state index in [2.05, 4.69) is 12.2 Å². The zero-order valence-corrected chi connectivity index (χ0v) is 17.5. The lowest BCUT2D eigenvalue weighted by atomic mass is 10.1. The predicted octanol–water partition coefficient (Wildman–Crippen LogP) is 4.35. The van der Waals surface area contributed by atoms with Gasteiger partial charge >= 0.3 is 5.97 Å². The second kappa shape index (κ2) is 16.1. The fraction of sp³-hybridized carbons (Fsp3) is 0.905. The highest BCUT2D eigenvalue weighted by Crippen LogP contribution is 2.11. The predicted molar refractivity (Wildman–Crippen MR) is 108 cm³/mol. The highest BCUT2D eigenvalue weighted by atomic mass is 16.4. The summed E-state index contributed by atoms with van der Waals surface area (Å²) in [6.07, 6.45) is 14.5. The number of carboxylic acids is 1. The second-order valence-corrected chi connectivity index (χ2v) is 8.16. The third kappa shape index (κ3) is 17.7. The van der Waals surface area contributed by atoms with Gasteiger partial charge in [-0.3, -0.25) is 9.59 Å². The summed E-state index contributed by atoms with van der Waals surface area (Å²) in [5, 5.41) is 11.7. The Balaban J connectivity index is 3.43. The van der Waals surface area contributed by atoms with Crippen LogP contribution in [0.3, 0.4) is 0 Å². The number of nitrogens with zero attached hydrogens (tertiary/aromatic N) is 1. The Morgan fingerprint density at radius 1 is 0.769 bits per heavy atom. The molecule has 0 aliphatic heterocycles. The number of rotatable bonds is 18. The van der Waals surface area contributed by atoms with E-state index < -0.39 is 5.97 Å². The first kappa shape index (κ1) is 24.9. The number of nitrogens with one attached hydrogen (secondary N) is 1. The SMILES string of the molecule is CCCCCCCCCCCCC(=O)NCCC[N+](C)(C)CCC(=O)O. The molecule has 0 unspecified atom stereocenters. The van der Waals surface area contributed by atoms with E-state index in [-0.39, 0.29) is 12.3 Å². The lowest BCUT2D eigenvalue weighted by molar-refractivity contribution is -0.889. The molecule has 0 bridgehead atoms. The number of carbonyl (C=O) groups excluding carboxylic acids is 1. The van der Waals surface area contributed by atoms with Gasteiger partial charge in [0, 0.05) is 19.4 Å². The van der Waals surface area contributed by atoms with Gasteiger partial charge in [-0.05, 0) is 6.42 Å². The molecular formula is C21H43N2O3+. The minimum atomic E-state index is -0.749. The number of carboxylic acid groups (broad SMARTS) is 1. The van der Waals surface area contributed by atoms with Crippen LogP contribution in [0, 0.1) is 0 Å². The molecule has 0 aromatic rings. The minimum Gasteiger partial charge on any atom is -0.481 e. The number of aliphatic carboxylic acids is 1. The van der Waals surface area contributed by atoms with Crippen LogP contribution in [-0.2, 0) is 9.59 Å². The zero-order valence-electron chi connectivity index (χ0n) is 17.5. The van der Waals surface area contributed by atoms with Gasteiger partial charge in [0.1, 0.15) is 0 Å². The second-order valence-electron chi connectivity index (χ2n) is 8.16. The molecule has 26 heavy (non-hydrogen) atoms. The minimum absolute atomic E-state index is 0.153. The molecule has 0 radical (unpaired) electrons. The summed E-state index contributed by atoms with van der Waals surface area (Å²) in [5.74, 6) is -0.596. The first-order chi connectivity index (χ1) is 12.4. The summed E-state index contributed by atoms with van der Waals surface area (Å²) in [7, 11) is 4.07. The molecule has 0 rings (SSSR count). The Kier molecular flexibility index (Phi) is 15.4. The molecule has 0 saturated heterocycles. The van der Waals surface area contributed by atoms with Gasteiger partial charge in [-0.1, -0.05) is 64.7 Å². The van der Waals surface area contributed by atoms with Crippen molar-refractivity contribution in [1.29, 1.82) is 0 Å². The smallest absolute Gasteiger partial charge is 0.309 e. The van der Waals surface area contributed by atoms with E-state index >= 15 is 0 Å². The quantitative estimate of drug-likeness (QED) is 0.278. The zero-order chi connectivity index (χ0) is 19.7. The van der Waals surface area contributed by atoms with Crippen molar-refractivity contribution in [2.24, 2.45) is 0 Å². The van der Waals surface area contributed by atoms with Crippen LogP contribution in [0.2, 0.25) is 0 Å². The van der Waals surface area contributed by atoms with Crippen LogP contribution in [0.1, 0.15) is 90.4 Å². The summed E-state index contributed by atoms with van der Waals surface area (Å²) < 4.78 is 0.681. The molecule has 154 valence electrons. The van der Waals surface area contributed by atoms with Crippen molar-refractivity contribution >= 4 is 11.9 Å². The number of carbonyl (C=O) groups is 2. The van der Waals surface area contributed by atoms with Crippen molar-refractivity contribution in [2.75, 3.05) is 33.7 Å². The van der Waals surface area contributed by atoms with Crippen LogP contribution in [-0.4, -0.2) is 55.2 Å². The van der Waals surface area contributed by atoms with Gasteiger partial charge in [0.25, 0.3) is 0 Å². The summed E-state index contributed by atoms with van der Waals surface area (Å²) in [4.78, 5) is 22.5. The Morgan fingerprint density at radius 2 is 1.31 bits per heavy atom. The lowest BCUT2D eigenvalue weighted by Gasteiger charge is -2.29. The van der Waals surface area contributed by atoms with E-state index in [4.69, 9.17) is 5.11 Å². The number of hydrogen-bond donors (Lipinski definition) is 2. The molecule has 0 aliphatic carbocycles. The molecule has 0 aliphatic rings. The van der Waals surface area contributed by atoms with Crippen LogP contribution in [0.25, 0.3) is 0 Å². The van der Waals surface area contributed by atoms with E-state index in [1.54, 1.807) is 0 Å². The highest BCUT2D eigenvalue weighted by molar-refractivity contribution is 5.75. The Bertz CT molecular complexity index is 370. The van der Waals surface area contributed by atoms with Crippen LogP contribution >= 0.6 is 0 Å². The lowest BCUT2D eigenvalue weighted by Crippen LogP contribution is -2.43. The molecule has 2 N–H and O–H groups in total. The van der Waals surface area contributed by atoms with Crippen LogP contribution in [0.4, 0.5) is 0 Å². The van der Waals surface area contributed by atoms with Gasteiger partial charge in [0.15, 0.2) is 0 Å². The molecule has 0 aromatic heterocycles. The molecule has 1 amide bonds. The molecule has 5 heteroatoms. The summed E-state index contributed by atoms with van der Waals surface area (Å²) in [5.41, 5.74) is 0. The first-order valence-corrected chi connectivity index (χ1v) is 10.7. The van der Waals surface area contributed by atoms with E-state index in [0.717, 1.165) is 25.8 Å². The number of hydrogen-bond acceptors (Lipinski definition) is 2. The maximum atomic E-state index is 11.8. The van der Waals surface area contributed by atoms with E-state index in [9.17, 15) is 9.59 Å². The molecule has 0 aromatic carbocycles. The summed E-state index contributed by atoms with van der Waals surface area (Å²) >= 11 is 0. The number of amides is 1. The Labute approximate surface area is 161 Å². The van der Waals surface area contributed by atoms with Gasteiger partial charge < -0.3 is 14.9 Å². The largest absolute Gasteiger partial charge is 0.481 e. The highest BCUT2D eigenvalue weighted by Gasteiger charge is 2.16. The van der Waals surface area contributed by atoms with Crippen molar-refractivity contribution in [3.8, 4) is 0 Å². The van der Waals surface area contributed by atoms with Gasteiger partial charge in [0.2, 0.25) is 5.91 Å². The van der Waals surface area contributed by atoms with Gasteiger partial charge in [0.05, 0.1) is 33.6 Å². The van der Waals surface area contributed by atoms with Gasteiger partial charge in [-0.25, -0.2) is 0 Å². The van der Waals surface area contributed by atoms with E-state index in [1.165, 1.54) is 51.4 Å². The van der Waals surface area contributed by atoms with Crippen molar-refractivity contribution in [3.05, 3.63) is 0 Å². The molecule has 0 spiro atoms. The molecule has 5 nitrogen and oxygen atoms in total. The first-order valence-electron chi connectivity index (χ1n) is 10.7. The molecular weight excluding hydrogens is 328 g/mol. The Hall–Kier alpha value is -1.10. The van der Waals surface area contributed by atoms with Crippen LogP contribution in [0.5, 0.6) is 0 Å². The van der Waals surface area contributed by atoms with Crippen molar-refractivity contribution < 1.29 is 19.2 Å². The van der Waals surface area contributed by atoms with Crippen molar-refractivity contribution in [2.45, 2.75) is 90.4 Å². The van der Waals surface area contributed by atoms with E-state index in [0.29, 0.717) is 24.0 Å².